The molecule has 3 nitrogen and oxygen atoms in total. The number of esters is 1. The van der Waals surface area contributed by atoms with E-state index in [9.17, 15) is 4.79 Å². The zero-order chi connectivity index (χ0) is 11.0. The Morgan fingerprint density at radius 2 is 2.27 bits per heavy atom. The first kappa shape index (κ1) is 10.5. The van der Waals surface area contributed by atoms with Crippen LogP contribution in [0.1, 0.15) is 10.5 Å². The third kappa shape index (κ3) is 1.75. The lowest BCUT2D eigenvalue weighted by Gasteiger charge is -1.94. The standard InChI is InChI=1S/C10H7BrClNO2/c1-15-10(14)9-8(12)6-3-2-5(11)4-7(6)13-9/h2-4,13H,1H3. The van der Waals surface area contributed by atoms with E-state index in [1.807, 2.05) is 18.2 Å². The van der Waals surface area contributed by atoms with Crippen molar-refractivity contribution >= 4 is 44.4 Å². The Hall–Kier alpha value is -1.00. The molecule has 0 unspecified atom stereocenters. The summed E-state index contributed by atoms with van der Waals surface area (Å²) in [6.45, 7) is 0. The van der Waals surface area contributed by atoms with Crippen molar-refractivity contribution < 1.29 is 9.53 Å². The quantitative estimate of drug-likeness (QED) is 0.818. The molecule has 0 amide bonds. The summed E-state index contributed by atoms with van der Waals surface area (Å²) in [5.41, 5.74) is 1.09. The van der Waals surface area contributed by atoms with Gasteiger partial charge in [-0.25, -0.2) is 4.79 Å². The molecule has 1 N–H and O–H groups in total. The van der Waals surface area contributed by atoms with Crippen LogP contribution in [0.25, 0.3) is 10.9 Å². The molecule has 1 heterocycles. The number of aromatic amines is 1. The minimum atomic E-state index is -0.465. The zero-order valence-electron chi connectivity index (χ0n) is 7.80. The van der Waals surface area contributed by atoms with Gasteiger partial charge in [0, 0.05) is 15.4 Å². The van der Waals surface area contributed by atoms with Crippen molar-refractivity contribution in [2.24, 2.45) is 0 Å². The van der Waals surface area contributed by atoms with Crippen molar-refractivity contribution in [1.82, 2.24) is 4.98 Å². The van der Waals surface area contributed by atoms with Crippen molar-refractivity contribution in [2.75, 3.05) is 7.11 Å². The van der Waals surface area contributed by atoms with Crippen LogP contribution in [0.4, 0.5) is 0 Å². The van der Waals surface area contributed by atoms with E-state index in [4.69, 9.17) is 11.6 Å². The summed E-state index contributed by atoms with van der Waals surface area (Å²) in [4.78, 5) is 14.3. The molecule has 15 heavy (non-hydrogen) atoms. The Morgan fingerprint density at radius 1 is 1.53 bits per heavy atom. The number of carbonyl (C=O) groups is 1. The lowest BCUT2D eigenvalue weighted by Crippen LogP contribution is -2.01. The molecule has 0 saturated heterocycles. The van der Waals surface area contributed by atoms with Gasteiger partial charge in [-0.15, -0.1) is 0 Å². The molecule has 0 bridgehead atoms. The van der Waals surface area contributed by atoms with E-state index in [-0.39, 0.29) is 5.69 Å². The lowest BCUT2D eigenvalue weighted by molar-refractivity contribution is 0.0595. The number of aromatic nitrogens is 1. The van der Waals surface area contributed by atoms with E-state index in [2.05, 4.69) is 25.7 Å². The Bertz CT molecular complexity index is 535. The van der Waals surface area contributed by atoms with E-state index in [1.165, 1.54) is 7.11 Å². The molecule has 0 saturated carbocycles. The number of hydrogen-bond donors (Lipinski definition) is 1. The van der Waals surface area contributed by atoms with E-state index >= 15 is 0 Å². The number of ether oxygens (including phenoxy) is 1. The molecule has 0 aliphatic carbocycles. The number of benzene rings is 1. The maximum atomic E-state index is 11.3. The van der Waals surface area contributed by atoms with Crippen LogP contribution in [0.2, 0.25) is 5.02 Å². The normalized spacial score (nSPS) is 10.6. The minimum Gasteiger partial charge on any atom is -0.464 e. The van der Waals surface area contributed by atoms with Crippen LogP contribution >= 0.6 is 27.5 Å². The first-order chi connectivity index (χ1) is 7.13. The summed E-state index contributed by atoms with van der Waals surface area (Å²) in [6.07, 6.45) is 0. The first-order valence-corrected chi connectivity index (χ1v) is 5.35. The van der Waals surface area contributed by atoms with E-state index in [1.54, 1.807) is 0 Å². The topological polar surface area (TPSA) is 42.1 Å². The van der Waals surface area contributed by atoms with Gasteiger partial charge in [0.05, 0.1) is 12.1 Å². The number of halogens is 2. The molecule has 78 valence electrons. The van der Waals surface area contributed by atoms with Gasteiger partial charge in [-0.1, -0.05) is 33.6 Å². The van der Waals surface area contributed by atoms with Crippen LogP contribution in [0, 0.1) is 0 Å². The predicted molar refractivity (Wildman–Crippen MR) is 62.3 cm³/mol. The largest absolute Gasteiger partial charge is 0.464 e. The Labute approximate surface area is 99.5 Å². The summed E-state index contributed by atoms with van der Waals surface area (Å²) < 4.78 is 5.53. The van der Waals surface area contributed by atoms with E-state index in [0.29, 0.717) is 5.02 Å². The molecule has 0 spiro atoms. The monoisotopic (exact) mass is 287 g/mol. The van der Waals surface area contributed by atoms with Crippen molar-refractivity contribution in [1.29, 1.82) is 0 Å². The minimum absolute atomic E-state index is 0.285. The number of carbonyl (C=O) groups excluding carboxylic acids is 1. The van der Waals surface area contributed by atoms with Gasteiger partial charge < -0.3 is 9.72 Å². The highest BCUT2D eigenvalue weighted by molar-refractivity contribution is 9.10. The van der Waals surface area contributed by atoms with Crippen LogP contribution in [0.15, 0.2) is 22.7 Å². The smallest absolute Gasteiger partial charge is 0.356 e. The summed E-state index contributed by atoms with van der Waals surface area (Å²) in [6, 6.07) is 5.56. The van der Waals surface area contributed by atoms with Crippen molar-refractivity contribution in [3.63, 3.8) is 0 Å². The number of H-pyrrole nitrogens is 1. The van der Waals surface area contributed by atoms with Crippen LogP contribution in [-0.2, 0) is 4.74 Å². The van der Waals surface area contributed by atoms with Gasteiger partial charge in [0.2, 0.25) is 0 Å². The maximum absolute atomic E-state index is 11.3. The van der Waals surface area contributed by atoms with Gasteiger partial charge in [-0.3, -0.25) is 0 Å². The second-order valence-corrected chi connectivity index (χ2v) is 4.29. The van der Waals surface area contributed by atoms with Crippen LogP contribution in [-0.4, -0.2) is 18.1 Å². The van der Waals surface area contributed by atoms with Crippen LogP contribution < -0.4 is 0 Å². The second-order valence-electron chi connectivity index (χ2n) is 3.00. The third-order valence-electron chi connectivity index (χ3n) is 2.09. The van der Waals surface area contributed by atoms with Crippen LogP contribution in [0.5, 0.6) is 0 Å². The fourth-order valence-corrected chi connectivity index (χ4v) is 2.03. The molecule has 1 aromatic heterocycles. The summed E-state index contributed by atoms with van der Waals surface area (Å²) in [5.74, 6) is -0.465. The molecule has 0 radical (unpaired) electrons. The molecule has 2 aromatic rings. The molecule has 0 atom stereocenters. The molecular formula is C10H7BrClNO2. The molecule has 0 aliphatic rings. The number of fused-ring (bicyclic) bond motifs is 1. The molecule has 5 heteroatoms. The lowest BCUT2D eigenvalue weighted by atomic mass is 10.2. The van der Waals surface area contributed by atoms with Crippen molar-refractivity contribution in [3.05, 3.63) is 33.4 Å². The second kappa shape index (κ2) is 3.87. The van der Waals surface area contributed by atoms with Crippen LogP contribution in [0.3, 0.4) is 0 Å². The van der Waals surface area contributed by atoms with Crippen molar-refractivity contribution in [3.8, 4) is 0 Å². The highest BCUT2D eigenvalue weighted by Gasteiger charge is 2.16. The number of nitrogens with one attached hydrogen (secondary N) is 1. The van der Waals surface area contributed by atoms with Gasteiger partial charge in [-0.2, -0.15) is 0 Å². The van der Waals surface area contributed by atoms with Gasteiger partial charge in [0.1, 0.15) is 5.69 Å². The van der Waals surface area contributed by atoms with Crippen molar-refractivity contribution in [2.45, 2.75) is 0 Å². The van der Waals surface area contributed by atoms with Gasteiger partial charge >= 0.3 is 5.97 Å². The predicted octanol–water partition coefficient (Wildman–Crippen LogP) is 3.37. The molecule has 1 aromatic carbocycles. The number of hydrogen-bond acceptors (Lipinski definition) is 2. The average molecular weight is 289 g/mol. The maximum Gasteiger partial charge on any atom is 0.356 e. The molecule has 0 fully saturated rings. The van der Waals surface area contributed by atoms with E-state index in [0.717, 1.165) is 15.4 Å². The first-order valence-electron chi connectivity index (χ1n) is 4.18. The summed E-state index contributed by atoms with van der Waals surface area (Å²) in [7, 11) is 1.32. The van der Waals surface area contributed by atoms with Gasteiger partial charge in [0.25, 0.3) is 0 Å². The Balaban J connectivity index is 2.69. The summed E-state index contributed by atoms with van der Waals surface area (Å²) in [5, 5.41) is 1.20. The fraction of sp³-hybridized carbons (Fsp3) is 0.100. The SMILES string of the molecule is COC(=O)c1[nH]c2cc(Br)ccc2c1Cl. The van der Waals surface area contributed by atoms with Gasteiger partial charge in [0.15, 0.2) is 0 Å². The molecule has 2 rings (SSSR count). The fourth-order valence-electron chi connectivity index (χ4n) is 1.38. The highest BCUT2D eigenvalue weighted by Crippen LogP contribution is 2.29. The third-order valence-corrected chi connectivity index (χ3v) is 2.97. The molecular weight excluding hydrogens is 281 g/mol. The zero-order valence-corrected chi connectivity index (χ0v) is 10.1. The Morgan fingerprint density at radius 3 is 2.93 bits per heavy atom. The summed E-state index contributed by atoms with van der Waals surface area (Å²) >= 11 is 9.38. The highest BCUT2D eigenvalue weighted by atomic mass is 79.9. The average Bonchev–Trinajstić information content (AvgIpc) is 2.54. The Kier molecular flexibility index (Phi) is 2.71. The van der Waals surface area contributed by atoms with Gasteiger partial charge in [-0.05, 0) is 12.1 Å². The molecule has 0 aliphatic heterocycles. The number of rotatable bonds is 1. The van der Waals surface area contributed by atoms with E-state index < -0.39 is 5.97 Å². The number of methoxy groups -OCH3 is 1.